The number of carbonyl (C=O) groups is 3. The third-order valence-electron chi connectivity index (χ3n) is 8.18. The number of aromatic nitrogens is 4. The molecule has 2 fully saturated rings. The number of hydrogen-bond acceptors (Lipinski definition) is 7. The lowest BCUT2D eigenvalue weighted by Gasteiger charge is -2.35. The minimum absolute atomic E-state index is 0.0186. The quantitative estimate of drug-likeness (QED) is 0.390. The first-order chi connectivity index (χ1) is 19.1. The first-order valence-corrected chi connectivity index (χ1v) is 13.8. The van der Waals surface area contributed by atoms with E-state index in [1.165, 1.54) is 15.5 Å². The topological polar surface area (TPSA) is 154 Å². The number of aromatic hydroxyl groups is 1. The highest BCUT2D eigenvalue weighted by Gasteiger charge is 2.37. The first kappa shape index (κ1) is 26.0. The van der Waals surface area contributed by atoms with E-state index >= 15 is 0 Å². The third-order valence-corrected chi connectivity index (χ3v) is 8.18. The monoisotopic (exact) mass is 547 g/mol. The summed E-state index contributed by atoms with van der Waals surface area (Å²) in [6.45, 7) is 4.44. The van der Waals surface area contributed by atoms with Gasteiger partial charge in [0.1, 0.15) is 11.3 Å². The van der Waals surface area contributed by atoms with E-state index in [-0.39, 0.29) is 41.7 Å². The second kappa shape index (κ2) is 9.76. The van der Waals surface area contributed by atoms with Crippen LogP contribution in [0.5, 0.6) is 5.75 Å². The van der Waals surface area contributed by atoms with Gasteiger partial charge in [0.25, 0.3) is 11.8 Å². The predicted molar refractivity (Wildman–Crippen MR) is 146 cm³/mol. The van der Waals surface area contributed by atoms with Crippen molar-refractivity contribution in [2.24, 2.45) is 5.92 Å². The molecule has 1 atom stereocenters. The fourth-order valence-corrected chi connectivity index (χ4v) is 5.47. The molecule has 2 saturated carbocycles. The summed E-state index contributed by atoms with van der Waals surface area (Å²) in [5.41, 5.74) is 1.51. The van der Waals surface area contributed by atoms with Crippen LogP contribution in [0.1, 0.15) is 78.4 Å². The van der Waals surface area contributed by atoms with E-state index in [1.807, 2.05) is 13.8 Å². The van der Waals surface area contributed by atoms with Crippen molar-refractivity contribution in [2.75, 3.05) is 18.5 Å². The number of anilines is 1. The van der Waals surface area contributed by atoms with Gasteiger partial charge in [-0.3, -0.25) is 19.2 Å². The third kappa shape index (κ3) is 4.61. The summed E-state index contributed by atoms with van der Waals surface area (Å²) in [7, 11) is 1.54. The molecule has 3 aromatic heterocycles. The van der Waals surface area contributed by atoms with Crippen LogP contribution in [0.15, 0.2) is 23.3 Å². The molecule has 0 radical (unpaired) electrons. The fraction of sp³-hybridized carbons (Fsp3) is 0.500. The Balaban J connectivity index is 1.22. The number of carbonyl (C=O) groups excluding carboxylic acids is 3. The Kier molecular flexibility index (Phi) is 6.35. The van der Waals surface area contributed by atoms with Crippen LogP contribution in [-0.4, -0.2) is 72.9 Å². The average molecular weight is 548 g/mol. The molecule has 3 amide bonds. The molecule has 12 nitrogen and oxygen atoms in total. The Hall–Kier alpha value is -4.22. The molecule has 0 saturated heterocycles. The van der Waals surface area contributed by atoms with Crippen LogP contribution in [-0.2, 0) is 11.3 Å². The zero-order valence-electron chi connectivity index (χ0n) is 22.8. The van der Waals surface area contributed by atoms with Crippen LogP contribution >= 0.6 is 0 Å². The molecule has 1 unspecified atom stereocenters. The maximum atomic E-state index is 13.5. The minimum atomic E-state index is -0.724. The van der Waals surface area contributed by atoms with Crippen molar-refractivity contribution in [1.82, 2.24) is 29.7 Å². The van der Waals surface area contributed by atoms with Crippen LogP contribution in [0.3, 0.4) is 0 Å². The van der Waals surface area contributed by atoms with Crippen molar-refractivity contribution in [3.8, 4) is 5.75 Å². The molecule has 0 bridgehead atoms. The number of nitrogens with zero attached hydrogens (tertiary/aromatic N) is 5. The van der Waals surface area contributed by atoms with Crippen molar-refractivity contribution in [3.63, 3.8) is 0 Å². The van der Waals surface area contributed by atoms with Gasteiger partial charge in [0.15, 0.2) is 17.1 Å². The maximum absolute atomic E-state index is 13.5. The van der Waals surface area contributed by atoms with Gasteiger partial charge in [-0.1, -0.05) is 0 Å². The molecule has 0 aromatic carbocycles. The van der Waals surface area contributed by atoms with Gasteiger partial charge in [-0.15, -0.1) is 0 Å². The van der Waals surface area contributed by atoms with E-state index in [9.17, 15) is 24.3 Å². The summed E-state index contributed by atoms with van der Waals surface area (Å²) >= 11 is 0. The van der Waals surface area contributed by atoms with Gasteiger partial charge in [0, 0.05) is 56.8 Å². The molecule has 0 spiro atoms. The van der Waals surface area contributed by atoms with E-state index in [1.54, 1.807) is 24.3 Å². The molecule has 6 rings (SSSR count). The van der Waals surface area contributed by atoms with Crippen LogP contribution in [0.25, 0.3) is 11.2 Å². The SMILES string of the molecule is CC(C)N1CCn2c(N(C)C(=O)CC(NC(=O)c3c[nH]c4ncc(C5CC5)nc34)C3CC3)cc(=O)c(O)c2C1=O. The van der Waals surface area contributed by atoms with Crippen molar-refractivity contribution >= 4 is 34.7 Å². The second-order valence-corrected chi connectivity index (χ2v) is 11.4. The van der Waals surface area contributed by atoms with Gasteiger partial charge in [-0.2, -0.15) is 0 Å². The number of rotatable bonds is 8. The molecule has 210 valence electrons. The number of H-pyrrole nitrogens is 1. The van der Waals surface area contributed by atoms with Crippen molar-refractivity contribution in [2.45, 2.75) is 70.5 Å². The van der Waals surface area contributed by atoms with Gasteiger partial charge in [-0.05, 0) is 45.4 Å². The highest BCUT2D eigenvalue weighted by Crippen LogP contribution is 2.39. The Morgan fingerprint density at radius 3 is 2.62 bits per heavy atom. The Bertz CT molecular complexity index is 1580. The molecule has 3 N–H and O–H groups in total. The molecule has 40 heavy (non-hydrogen) atoms. The molecule has 1 aliphatic heterocycles. The normalized spacial score (nSPS) is 17.7. The molecular formula is C28H33N7O5. The van der Waals surface area contributed by atoms with Crippen LogP contribution in [0.4, 0.5) is 5.82 Å². The maximum Gasteiger partial charge on any atom is 0.274 e. The number of fused-ring (bicyclic) bond motifs is 2. The zero-order chi connectivity index (χ0) is 28.3. The minimum Gasteiger partial charge on any atom is -0.503 e. The molecule has 12 heteroatoms. The summed E-state index contributed by atoms with van der Waals surface area (Å²) in [5.74, 6) is -0.902. The second-order valence-electron chi connectivity index (χ2n) is 11.4. The van der Waals surface area contributed by atoms with Crippen molar-refractivity contribution in [1.29, 1.82) is 0 Å². The summed E-state index contributed by atoms with van der Waals surface area (Å²) in [6, 6.07) is 0.668. The summed E-state index contributed by atoms with van der Waals surface area (Å²) in [4.78, 5) is 67.6. The lowest BCUT2D eigenvalue weighted by Crippen LogP contribution is -2.47. The smallest absolute Gasteiger partial charge is 0.274 e. The molecule has 3 aliphatic rings. The van der Waals surface area contributed by atoms with Gasteiger partial charge in [-0.25, -0.2) is 9.97 Å². The molecule has 3 aromatic rings. The highest BCUT2D eigenvalue weighted by molar-refractivity contribution is 6.05. The first-order valence-electron chi connectivity index (χ1n) is 13.8. The largest absolute Gasteiger partial charge is 0.503 e. The lowest BCUT2D eigenvalue weighted by molar-refractivity contribution is -0.118. The number of nitrogens with one attached hydrogen (secondary N) is 2. The molecule has 2 aliphatic carbocycles. The van der Waals surface area contributed by atoms with E-state index in [2.05, 4.69) is 20.3 Å². The van der Waals surface area contributed by atoms with Gasteiger partial charge >= 0.3 is 0 Å². The number of aromatic amines is 1. The summed E-state index contributed by atoms with van der Waals surface area (Å²) in [6.07, 6.45) is 7.31. The van der Waals surface area contributed by atoms with Crippen molar-refractivity contribution < 1.29 is 19.5 Å². The molecule has 4 heterocycles. The standard InChI is InChI=1S/C28H33N7O5/c1-14(2)34-8-9-35-21(11-20(36)25(38)24(35)28(34)40)33(3)22(37)10-18(15-4-5-15)32-27(39)17-12-29-26-23(17)31-19(13-30-26)16-6-7-16/h11-16,18,38H,4-10H2,1-3H3,(H,29,30)(H,32,39). The van der Waals surface area contributed by atoms with E-state index in [0.717, 1.165) is 31.4 Å². The number of pyridine rings is 1. The van der Waals surface area contributed by atoms with E-state index in [0.29, 0.717) is 35.7 Å². The zero-order valence-corrected chi connectivity index (χ0v) is 22.8. The Morgan fingerprint density at radius 1 is 1.20 bits per heavy atom. The van der Waals surface area contributed by atoms with E-state index < -0.39 is 23.1 Å². The lowest BCUT2D eigenvalue weighted by atomic mass is 10.1. The fourth-order valence-electron chi connectivity index (χ4n) is 5.47. The summed E-state index contributed by atoms with van der Waals surface area (Å²) in [5, 5.41) is 13.5. The summed E-state index contributed by atoms with van der Waals surface area (Å²) < 4.78 is 1.53. The Labute approximate surface area is 230 Å². The Morgan fingerprint density at radius 2 is 1.95 bits per heavy atom. The van der Waals surface area contributed by atoms with Gasteiger partial charge in [0.2, 0.25) is 11.3 Å². The van der Waals surface area contributed by atoms with Crippen LogP contribution in [0, 0.1) is 5.92 Å². The average Bonchev–Trinajstić information content (AvgIpc) is 3.86. The predicted octanol–water partition coefficient (Wildman–Crippen LogP) is 2.13. The van der Waals surface area contributed by atoms with E-state index in [4.69, 9.17) is 0 Å². The van der Waals surface area contributed by atoms with Gasteiger partial charge in [0.05, 0.1) is 17.5 Å². The number of hydrogen-bond donors (Lipinski definition) is 3. The number of amides is 3. The molecular weight excluding hydrogens is 514 g/mol. The van der Waals surface area contributed by atoms with Crippen LogP contribution in [0.2, 0.25) is 0 Å². The van der Waals surface area contributed by atoms with Crippen LogP contribution < -0.4 is 15.6 Å². The highest BCUT2D eigenvalue weighted by atomic mass is 16.3. The van der Waals surface area contributed by atoms with Gasteiger partial charge < -0.3 is 29.8 Å². The van der Waals surface area contributed by atoms with Crippen molar-refractivity contribution in [3.05, 3.63) is 45.6 Å².